The highest BCUT2D eigenvalue weighted by Gasteiger charge is 2.60. The van der Waals surface area contributed by atoms with Gasteiger partial charge in [-0.3, -0.25) is 19.7 Å². The van der Waals surface area contributed by atoms with Gasteiger partial charge in [0.05, 0.1) is 25.3 Å². The number of aromatic nitrogens is 1. The summed E-state index contributed by atoms with van der Waals surface area (Å²) < 4.78 is 11.3. The summed E-state index contributed by atoms with van der Waals surface area (Å²) in [6, 6.07) is 17.1. The third kappa shape index (κ3) is 7.30. The number of aliphatic imine (C=N–C) groups is 1. The van der Waals surface area contributed by atoms with Crippen molar-refractivity contribution in [1.82, 2.24) is 20.1 Å². The molecule has 1 N–H and O–H groups in total. The SMILES string of the molecule is CCOC(=O)CNC1CCN(C(=O)N2C(c3cnc(C(C)(C)C)cc3OCC)=N[C@@](C)(c3ccc(Cl)cc3)[C@@]2(C)c2ccc(Cl)cc2)CC1. The number of piperidine rings is 1. The molecule has 0 aliphatic carbocycles. The van der Waals surface area contributed by atoms with Crippen LogP contribution in [0.3, 0.4) is 0 Å². The lowest BCUT2D eigenvalue weighted by Crippen LogP contribution is -2.59. The van der Waals surface area contributed by atoms with Crippen molar-refractivity contribution in [2.24, 2.45) is 4.99 Å². The number of carbonyl (C=O) groups is 2. The van der Waals surface area contributed by atoms with Crippen LogP contribution < -0.4 is 10.1 Å². The summed E-state index contributed by atoms with van der Waals surface area (Å²) in [5, 5.41) is 4.50. The van der Waals surface area contributed by atoms with Gasteiger partial charge in [-0.05, 0) is 75.9 Å². The summed E-state index contributed by atoms with van der Waals surface area (Å²) in [6.45, 7) is 16.1. The quantitative estimate of drug-likeness (QED) is 0.229. The van der Waals surface area contributed by atoms with E-state index in [2.05, 4.69) is 39.9 Å². The van der Waals surface area contributed by atoms with Crippen LogP contribution in [0.5, 0.6) is 5.75 Å². The van der Waals surface area contributed by atoms with E-state index in [-0.39, 0.29) is 30.0 Å². The lowest BCUT2D eigenvalue weighted by molar-refractivity contribution is -0.142. The first-order valence-corrected chi connectivity index (χ1v) is 17.7. The van der Waals surface area contributed by atoms with E-state index in [1.807, 2.05) is 71.3 Å². The Labute approximate surface area is 300 Å². The molecule has 2 atom stereocenters. The first-order chi connectivity index (χ1) is 23.2. The zero-order valence-electron chi connectivity index (χ0n) is 29.5. The third-order valence-corrected chi connectivity index (χ3v) is 10.2. The average molecular weight is 709 g/mol. The van der Waals surface area contributed by atoms with E-state index >= 15 is 4.79 Å². The second-order valence-corrected chi connectivity index (χ2v) is 14.8. The molecular formula is C38H47Cl2N5O4. The number of ether oxygens (including phenoxy) is 2. The summed E-state index contributed by atoms with van der Waals surface area (Å²) in [4.78, 5) is 41.2. The molecule has 262 valence electrons. The zero-order chi connectivity index (χ0) is 35.6. The van der Waals surface area contributed by atoms with Crippen molar-refractivity contribution < 1.29 is 19.1 Å². The molecule has 0 radical (unpaired) electrons. The molecule has 11 heteroatoms. The van der Waals surface area contributed by atoms with Gasteiger partial charge in [-0.2, -0.15) is 0 Å². The fourth-order valence-corrected chi connectivity index (χ4v) is 6.97. The molecule has 1 aromatic heterocycles. The molecule has 2 aromatic carbocycles. The van der Waals surface area contributed by atoms with Crippen LogP contribution in [0.25, 0.3) is 0 Å². The summed E-state index contributed by atoms with van der Waals surface area (Å²) in [5.74, 6) is 0.800. The first-order valence-electron chi connectivity index (χ1n) is 17.0. The molecular weight excluding hydrogens is 661 g/mol. The number of esters is 1. The topological polar surface area (TPSA) is 96.4 Å². The molecule has 1 fully saturated rings. The van der Waals surface area contributed by atoms with Crippen LogP contribution in [0.15, 0.2) is 65.8 Å². The number of rotatable bonds is 9. The van der Waals surface area contributed by atoms with Gasteiger partial charge in [-0.15, -0.1) is 0 Å². The lowest BCUT2D eigenvalue weighted by Gasteiger charge is -2.47. The maximum absolute atomic E-state index is 15.1. The van der Waals surface area contributed by atoms with E-state index in [0.717, 1.165) is 16.8 Å². The molecule has 0 spiro atoms. The van der Waals surface area contributed by atoms with Gasteiger partial charge in [0.15, 0.2) is 0 Å². The maximum atomic E-state index is 15.1. The fraction of sp³-hybridized carbons (Fsp3) is 0.474. The second kappa shape index (κ2) is 14.7. The highest BCUT2D eigenvalue weighted by Crippen LogP contribution is 2.54. The number of pyridine rings is 1. The molecule has 49 heavy (non-hydrogen) atoms. The molecule has 0 unspecified atom stereocenters. The number of hydrogen-bond donors (Lipinski definition) is 1. The highest BCUT2D eigenvalue weighted by molar-refractivity contribution is 6.30. The first kappa shape index (κ1) is 36.6. The number of amides is 2. The molecule has 0 saturated carbocycles. The smallest absolute Gasteiger partial charge is 0.326 e. The lowest BCUT2D eigenvalue weighted by atomic mass is 9.71. The minimum atomic E-state index is -1.02. The van der Waals surface area contributed by atoms with Gasteiger partial charge in [0, 0.05) is 52.5 Å². The van der Waals surface area contributed by atoms with E-state index in [0.29, 0.717) is 66.3 Å². The molecule has 1 saturated heterocycles. The summed E-state index contributed by atoms with van der Waals surface area (Å²) in [7, 11) is 0. The summed E-state index contributed by atoms with van der Waals surface area (Å²) in [5.41, 5.74) is 1.04. The van der Waals surface area contributed by atoms with Crippen molar-refractivity contribution in [3.63, 3.8) is 0 Å². The van der Waals surface area contributed by atoms with Gasteiger partial charge < -0.3 is 19.7 Å². The summed E-state index contributed by atoms with van der Waals surface area (Å²) in [6.07, 6.45) is 3.15. The number of nitrogens with one attached hydrogen (secondary N) is 1. The van der Waals surface area contributed by atoms with E-state index in [9.17, 15) is 4.79 Å². The predicted octanol–water partition coefficient (Wildman–Crippen LogP) is 7.71. The van der Waals surface area contributed by atoms with Gasteiger partial charge in [0.1, 0.15) is 22.7 Å². The van der Waals surface area contributed by atoms with Gasteiger partial charge in [0.25, 0.3) is 0 Å². The fourth-order valence-electron chi connectivity index (χ4n) is 6.71. The van der Waals surface area contributed by atoms with Crippen LogP contribution in [-0.4, -0.2) is 71.5 Å². The van der Waals surface area contributed by atoms with Crippen LogP contribution in [0, 0.1) is 0 Å². The number of carbonyl (C=O) groups excluding carboxylic acids is 2. The number of nitrogens with zero attached hydrogens (tertiary/aromatic N) is 4. The molecule has 3 heterocycles. The standard InChI is InChI=1S/C38H47Cl2N5O4/c1-8-48-31-22-32(36(3,4)5)42-23-30(31)34-43-37(6,25-10-14-27(39)15-11-25)38(7,26-12-16-28(40)17-13-26)45(34)35(47)44-20-18-29(19-21-44)41-24-33(46)49-9-2/h10-17,22-23,29,41H,8-9,18-21,24H2,1-7H3/t37-,38+/m0/s1. The molecule has 9 nitrogen and oxygen atoms in total. The monoisotopic (exact) mass is 707 g/mol. The van der Waals surface area contributed by atoms with Crippen molar-refractivity contribution >= 4 is 41.0 Å². The number of halogens is 2. The van der Waals surface area contributed by atoms with E-state index < -0.39 is 11.1 Å². The Bertz CT molecular complexity index is 1680. The highest BCUT2D eigenvalue weighted by atomic mass is 35.5. The predicted molar refractivity (Wildman–Crippen MR) is 195 cm³/mol. The minimum Gasteiger partial charge on any atom is -0.493 e. The van der Waals surface area contributed by atoms with E-state index in [1.54, 1.807) is 13.1 Å². The third-order valence-electron chi connectivity index (χ3n) is 9.72. The number of likely N-dealkylation sites (tertiary alicyclic amines) is 1. The van der Waals surface area contributed by atoms with Crippen molar-refractivity contribution in [3.8, 4) is 5.75 Å². The van der Waals surface area contributed by atoms with E-state index in [1.165, 1.54) is 0 Å². The summed E-state index contributed by atoms with van der Waals surface area (Å²) >= 11 is 12.8. The Hall–Kier alpha value is -3.66. The Morgan fingerprint density at radius 3 is 2.08 bits per heavy atom. The van der Waals surface area contributed by atoms with Crippen molar-refractivity contribution in [2.45, 2.75) is 83.8 Å². The average Bonchev–Trinajstić information content (AvgIpc) is 3.32. The molecule has 5 rings (SSSR count). The van der Waals surface area contributed by atoms with Gasteiger partial charge >= 0.3 is 12.0 Å². The largest absolute Gasteiger partial charge is 0.493 e. The van der Waals surface area contributed by atoms with Crippen LogP contribution in [0.4, 0.5) is 4.79 Å². The van der Waals surface area contributed by atoms with Crippen LogP contribution >= 0.6 is 23.2 Å². The number of hydrogen-bond acceptors (Lipinski definition) is 7. The molecule has 2 amide bonds. The Morgan fingerprint density at radius 2 is 1.53 bits per heavy atom. The van der Waals surface area contributed by atoms with Crippen molar-refractivity contribution in [3.05, 3.63) is 93.2 Å². The van der Waals surface area contributed by atoms with Crippen molar-refractivity contribution in [2.75, 3.05) is 32.8 Å². The Balaban J connectivity index is 1.65. The van der Waals surface area contributed by atoms with Gasteiger partial charge in [0.2, 0.25) is 0 Å². The maximum Gasteiger partial charge on any atom is 0.326 e. The van der Waals surface area contributed by atoms with E-state index in [4.69, 9.17) is 42.7 Å². The van der Waals surface area contributed by atoms with Gasteiger partial charge in [-0.1, -0.05) is 68.2 Å². The molecule has 3 aromatic rings. The van der Waals surface area contributed by atoms with Gasteiger partial charge in [-0.25, -0.2) is 4.79 Å². The zero-order valence-corrected chi connectivity index (χ0v) is 31.0. The second-order valence-electron chi connectivity index (χ2n) is 13.9. The van der Waals surface area contributed by atoms with Crippen LogP contribution in [0.1, 0.15) is 83.7 Å². The number of amidine groups is 1. The molecule has 2 aliphatic heterocycles. The number of urea groups is 1. The Kier molecular flexibility index (Phi) is 11.0. The minimum absolute atomic E-state index is 0.0841. The van der Waals surface area contributed by atoms with Crippen LogP contribution in [0.2, 0.25) is 10.0 Å². The Morgan fingerprint density at radius 1 is 0.939 bits per heavy atom. The van der Waals surface area contributed by atoms with Crippen LogP contribution in [-0.2, 0) is 26.0 Å². The van der Waals surface area contributed by atoms with Crippen molar-refractivity contribution in [1.29, 1.82) is 0 Å². The number of benzene rings is 2. The molecule has 2 aliphatic rings. The normalized spacial score (nSPS) is 21.4. The molecule has 0 bridgehead atoms.